The molecule has 0 amide bonds. The minimum Gasteiger partial charge on any atom is -0.481 e. The monoisotopic (exact) mass is 534 g/mol. The molecule has 0 fully saturated rings. The average Bonchev–Trinajstić information content (AvgIpc) is 2.89. The van der Waals surface area contributed by atoms with Gasteiger partial charge in [0.15, 0.2) is 0 Å². The van der Waals surface area contributed by atoms with E-state index in [1.54, 1.807) is 0 Å². The molecule has 0 bridgehead atoms. The number of hydrogen-bond acceptors (Lipinski definition) is 3. The summed E-state index contributed by atoms with van der Waals surface area (Å²) in [5, 5.41) is 8.73. The lowest BCUT2D eigenvalue weighted by molar-refractivity contribution is -0.147. The molecule has 1 atom stereocenters. The Labute approximate surface area is 236 Å². The summed E-state index contributed by atoms with van der Waals surface area (Å²) in [6.45, 7) is 4.50. The van der Waals surface area contributed by atoms with Crippen LogP contribution in [-0.2, 0) is 14.3 Å². The number of esters is 1. The molecular formula is C34H62O4. The zero-order chi connectivity index (χ0) is 27.9. The van der Waals surface area contributed by atoms with Gasteiger partial charge in [-0.1, -0.05) is 135 Å². The quantitative estimate of drug-likeness (QED) is 0.0589. The molecule has 0 heterocycles. The van der Waals surface area contributed by atoms with Crippen LogP contribution in [0.4, 0.5) is 0 Å². The van der Waals surface area contributed by atoms with Crippen molar-refractivity contribution in [3.63, 3.8) is 0 Å². The molecule has 0 aliphatic carbocycles. The van der Waals surface area contributed by atoms with E-state index in [0.29, 0.717) is 6.42 Å². The van der Waals surface area contributed by atoms with E-state index in [4.69, 9.17) is 9.84 Å². The third kappa shape index (κ3) is 29.0. The lowest BCUT2D eigenvalue weighted by Crippen LogP contribution is -2.16. The Morgan fingerprint density at radius 2 is 1.11 bits per heavy atom. The first kappa shape index (κ1) is 36.4. The zero-order valence-electron chi connectivity index (χ0n) is 25.2. The number of carbonyl (C=O) groups is 2. The SMILES string of the molecule is CCCCCC/C=C\C/C=C\C(CCCCCCCCC(=O)O)OC(=O)CCCCCCCCCCCC. The van der Waals surface area contributed by atoms with Gasteiger partial charge in [-0.05, 0) is 51.0 Å². The van der Waals surface area contributed by atoms with Crippen LogP contribution in [0.3, 0.4) is 0 Å². The fourth-order valence-electron chi connectivity index (χ4n) is 4.72. The van der Waals surface area contributed by atoms with Crippen LogP contribution in [0.15, 0.2) is 24.3 Å². The van der Waals surface area contributed by atoms with Crippen molar-refractivity contribution in [3.8, 4) is 0 Å². The van der Waals surface area contributed by atoms with Crippen molar-refractivity contribution in [2.75, 3.05) is 0 Å². The van der Waals surface area contributed by atoms with Gasteiger partial charge >= 0.3 is 11.9 Å². The van der Waals surface area contributed by atoms with Crippen molar-refractivity contribution in [3.05, 3.63) is 24.3 Å². The Balaban J connectivity index is 4.21. The first-order chi connectivity index (χ1) is 18.6. The molecule has 1 unspecified atom stereocenters. The van der Waals surface area contributed by atoms with Crippen molar-refractivity contribution < 1.29 is 19.4 Å². The lowest BCUT2D eigenvalue weighted by Gasteiger charge is -2.14. The van der Waals surface area contributed by atoms with Gasteiger partial charge in [0.25, 0.3) is 0 Å². The summed E-state index contributed by atoms with van der Waals surface area (Å²) in [4.78, 5) is 23.1. The van der Waals surface area contributed by atoms with Crippen LogP contribution in [-0.4, -0.2) is 23.1 Å². The minimum absolute atomic E-state index is 0.0562. The highest BCUT2D eigenvalue weighted by Gasteiger charge is 2.11. The number of rotatable bonds is 29. The molecule has 0 radical (unpaired) electrons. The summed E-state index contributed by atoms with van der Waals surface area (Å²) in [5.41, 5.74) is 0. The number of ether oxygens (including phenoxy) is 1. The highest BCUT2D eigenvalue weighted by Crippen LogP contribution is 2.15. The smallest absolute Gasteiger partial charge is 0.306 e. The molecule has 38 heavy (non-hydrogen) atoms. The van der Waals surface area contributed by atoms with E-state index in [1.165, 1.54) is 77.0 Å². The Kier molecular flexibility index (Phi) is 28.7. The van der Waals surface area contributed by atoms with E-state index in [0.717, 1.165) is 70.6 Å². The molecule has 4 heteroatoms. The van der Waals surface area contributed by atoms with E-state index in [-0.39, 0.29) is 18.5 Å². The maximum absolute atomic E-state index is 12.5. The fraction of sp³-hybridized carbons (Fsp3) is 0.824. The van der Waals surface area contributed by atoms with Gasteiger partial charge in [-0.15, -0.1) is 0 Å². The molecule has 0 spiro atoms. The van der Waals surface area contributed by atoms with Crippen LogP contribution in [0, 0.1) is 0 Å². The van der Waals surface area contributed by atoms with Crippen LogP contribution >= 0.6 is 0 Å². The van der Waals surface area contributed by atoms with Gasteiger partial charge in [0, 0.05) is 12.8 Å². The molecule has 0 aromatic heterocycles. The summed E-state index contributed by atoms with van der Waals surface area (Å²) in [6, 6.07) is 0. The summed E-state index contributed by atoms with van der Waals surface area (Å²) in [6.07, 6.45) is 36.2. The van der Waals surface area contributed by atoms with Gasteiger partial charge < -0.3 is 9.84 Å². The predicted molar refractivity (Wildman–Crippen MR) is 163 cm³/mol. The number of aliphatic carboxylic acids is 1. The summed E-state index contributed by atoms with van der Waals surface area (Å²) in [5.74, 6) is -0.759. The zero-order valence-corrected chi connectivity index (χ0v) is 25.2. The number of carbonyl (C=O) groups excluding carboxylic acids is 1. The number of unbranched alkanes of at least 4 members (excludes halogenated alkanes) is 18. The normalized spacial score (nSPS) is 12.5. The maximum atomic E-state index is 12.5. The third-order valence-corrected chi connectivity index (χ3v) is 7.16. The maximum Gasteiger partial charge on any atom is 0.306 e. The molecule has 0 aromatic rings. The van der Waals surface area contributed by atoms with Crippen molar-refractivity contribution in [1.29, 1.82) is 0 Å². The van der Waals surface area contributed by atoms with Crippen molar-refractivity contribution in [2.24, 2.45) is 0 Å². The van der Waals surface area contributed by atoms with Gasteiger partial charge in [-0.2, -0.15) is 0 Å². The highest BCUT2D eigenvalue weighted by atomic mass is 16.5. The van der Waals surface area contributed by atoms with E-state index in [2.05, 4.69) is 38.2 Å². The van der Waals surface area contributed by atoms with Crippen molar-refractivity contribution >= 4 is 11.9 Å². The topological polar surface area (TPSA) is 63.6 Å². The molecule has 0 aliphatic heterocycles. The van der Waals surface area contributed by atoms with Gasteiger partial charge in [-0.25, -0.2) is 0 Å². The number of hydrogen-bond donors (Lipinski definition) is 1. The van der Waals surface area contributed by atoms with Crippen LogP contribution in [0.25, 0.3) is 0 Å². The van der Waals surface area contributed by atoms with Crippen LogP contribution < -0.4 is 0 Å². The van der Waals surface area contributed by atoms with Gasteiger partial charge in [0.05, 0.1) is 0 Å². The second kappa shape index (κ2) is 30.0. The standard InChI is InChI=1S/C34H62O4/c1-3-5-7-9-11-13-15-17-23-27-31-34(37)38-32(28-24-20-16-14-12-10-8-6-4-2)29-25-21-18-19-22-26-30-33(35)36/h14,16,24,28,32H,3-13,15,17-23,25-27,29-31H2,1-2H3,(H,35,36)/b16-14-,28-24-. The summed E-state index contributed by atoms with van der Waals surface area (Å²) >= 11 is 0. The molecule has 0 aliphatic rings. The minimum atomic E-state index is -0.703. The first-order valence-electron chi connectivity index (χ1n) is 16.3. The van der Waals surface area contributed by atoms with Gasteiger partial charge in [0.1, 0.15) is 6.10 Å². The summed E-state index contributed by atoms with van der Waals surface area (Å²) < 4.78 is 5.86. The Hall–Kier alpha value is -1.58. The molecular weight excluding hydrogens is 472 g/mol. The number of carboxylic acid groups (broad SMARTS) is 1. The van der Waals surface area contributed by atoms with Crippen molar-refractivity contribution in [2.45, 2.75) is 180 Å². The van der Waals surface area contributed by atoms with E-state index >= 15 is 0 Å². The molecule has 222 valence electrons. The summed E-state index contributed by atoms with van der Waals surface area (Å²) in [7, 11) is 0. The first-order valence-corrected chi connectivity index (χ1v) is 16.3. The second-order valence-corrected chi connectivity index (χ2v) is 11.0. The van der Waals surface area contributed by atoms with E-state index in [1.807, 2.05) is 0 Å². The van der Waals surface area contributed by atoms with Gasteiger partial charge in [-0.3, -0.25) is 9.59 Å². The van der Waals surface area contributed by atoms with E-state index < -0.39 is 5.97 Å². The molecule has 0 saturated heterocycles. The fourth-order valence-corrected chi connectivity index (χ4v) is 4.72. The van der Waals surface area contributed by atoms with Crippen LogP contribution in [0.5, 0.6) is 0 Å². The predicted octanol–water partition coefficient (Wildman–Crippen LogP) is 10.9. The second-order valence-electron chi connectivity index (χ2n) is 11.0. The van der Waals surface area contributed by atoms with Crippen molar-refractivity contribution in [1.82, 2.24) is 0 Å². The van der Waals surface area contributed by atoms with E-state index in [9.17, 15) is 9.59 Å². The van der Waals surface area contributed by atoms with Crippen LogP contribution in [0.2, 0.25) is 0 Å². The average molecular weight is 535 g/mol. The number of carboxylic acids is 1. The molecule has 0 aromatic carbocycles. The lowest BCUT2D eigenvalue weighted by atomic mass is 10.1. The largest absolute Gasteiger partial charge is 0.481 e. The highest BCUT2D eigenvalue weighted by molar-refractivity contribution is 5.69. The van der Waals surface area contributed by atoms with Crippen LogP contribution in [0.1, 0.15) is 174 Å². The molecule has 1 N–H and O–H groups in total. The Bertz CT molecular complexity index is 581. The number of allylic oxidation sites excluding steroid dienone is 3. The Morgan fingerprint density at radius 3 is 1.68 bits per heavy atom. The Morgan fingerprint density at radius 1 is 0.605 bits per heavy atom. The molecule has 0 saturated carbocycles. The third-order valence-electron chi connectivity index (χ3n) is 7.16. The van der Waals surface area contributed by atoms with Gasteiger partial charge in [0.2, 0.25) is 0 Å². The molecule has 4 nitrogen and oxygen atoms in total. The molecule has 0 rings (SSSR count).